The third-order valence-electron chi connectivity index (χ3n) is 5.69. The van der Waals surface area contributed by atoms with E-state index in [2.05, 4.69) is 4.74 Å². The molecule has 4 rings (SSSR count). The molecular formula is C22H18ClF3N2O4. The van der Waals surface area contributed by atoms with Crippen LogP contribution in [0.3, 0.4) is 0 Å². The second kappa shape index (κ2) is 7.74. The summed E-state index contributed by atoms with van der Waals surface area (Å²) < 4.78 is 53.5. The molecule has 0 bridgehead atoms. The van der Waals surface area contributed by atoms with Gasteiger partial charge in [-0.15, -0.1) is 0 Å². The molecule has 1 unspecified atom stereocenters. The normalized spacial score (nSPS) is 19.9. The van der Waals surface area contributed by atoms with Crippen LogP contribution in [0.1, 0.15) is 17.5 Å². The number of ether oxygens (including phenoxy) is 2. The lowest BCUT2D eigenvalue weighted by Crippen LogP contribution is -2.60. The number of hydrogen-bond acceptors (Lipinski definition) is 4. The number of methoxy groups -OCH3 is 2. The van der Waals surface area contributed by atoms with Crippen molar-refractivity contribution in [3.05, 3.63) is 70.4 Å². The topological polar surface area (TPSA) is 59.1 Å². The van der Waals surface area contributed by atoms with Crippen LogP contribution in [0.4, 0.5) is 23.7 Å². The molecule has 2 aliphatic heterocycles. The van der Waals surface area contributed by atoms with Crippen molar-refractivity contribution in [3.8, 4) is 5.75 Å². The minimum absolute atomic E-state index is 0.00327. The first-order valence-corrected chi connectivity index (χ1v) is 9.89. The molecule has 0 saturated carbocycles. The van der Waals surface area contributed by atoms with Gasteiger partial charge in [0.2, 0.25) is 0 Å². The SMILES string of the molecule is COC(=O)C1=CN2C(=O)N(Cc3ccc(OC)cc3)c3ccc(Cl)cc3C2(C(F)(F)F)C1. The van der Waals surface area contributed by atoms with Gasteiger partial charge < -0.3 is 9.47 Å². The summed E-state index contributed by atoms with van der Waals surface area (Å²) in [5.74, 6) is -0.326. The monoisotopic (exact) mass is 466 g/mol. The standard InChI is InChI=1S/C22H18ClF3N2O4/c1-31-16-6-3-13(4-7-16)11-27-18-8-5-15(23)9-17(18)21(22(24,25)26)10-14(19(29)32-2)12-28(21)20(27)30/h3-9,12H,10-11H2,1-2H3. The number of esters is 1. The predicted molar refractivity (Wildman–Crippen MR) is 110 cm³/mol. The second-order valence-corrected chi connectivity index (χ2v) is 7.87. The Morgan fingerprint density at radius 3 is 2.44 bits per heavy atom. The number of urea groups is 1. The maximum Gasteiger partial charge on any atom is 0.416 e. The van der Waals surface area contributed by atoms with Gasteiger partial charge in [-0.2, -0.15) is 13.2 Å². The van der Waals surface area contributed by atoms with Gasteiger partial charge >= 0.3 is 18.2 Å². The fourth-order valence-electron chi connectivity index (χ4n) is 4.14. The number of alkyl halides is 3. The van der Waals surface area contributed by atoms with E-state index in [1.807, 2.05) is 0 Å². The van der Waals surface area contributed by atoms with E-state index in [0.29, 0.717) is 16.2 Å². The Morgan fingerprint density at radius 1 is 1.16 bits per heavy atom. The van der Waals surface area contributed by atoms with Crippen LogP contribution in [0.15, 0.2) is 54.2 Å². The zero-order valence-electron chi connectivity index (χ0n) is 17.1. The highest BCUT2D eigenvalue weighted by Gasteiger charge is 2.67. The molecule has 2 aromatic rings. The van der Waals surface area contributed by atoms with Gasteiger partial charge in [0, 0.05) is 23.2 Å². The lowest BCUT2D eigenvalue weighted by molar-refractivity contribution is -0.218. The molecule has 1 atom stereocenters. The number of hydrogen-bond donors (Lipinski definition) is 0. The molecule has 0 spiro atoms. The zero-order chi connectivity index (χ0) is 23.3. The third kappa shape index (κ3) is 3.28. The Kier molecular flexibility index (Phi) is 5.32. The molecule has 2 aromatic carbocycles. The summed E-state index contributed by atoms with van der Waals surface area (Å²) >= 11 is 6.07. The number of carbonyl (C=O) groups excluding carboxylic acids is 2. The molecule has 2 heterocycles. The lowest BCUT2D eigenvalue weighted by atomic mass is 9.81. The predicted octanol–water partition coefficient (Wildman–Crippen LogP) is 5.01. The van der Waals surface area contributed by atoms with Gasteiger partial charge in [-0.25, -0.2) is 9.59 Å². The minimum atomic E-state index is -4.89. The number of fused-ring (bicyclic) bond motifs is 3. The molecule has 0 aromatic heterocycles. The zero-order valence-corrected chi connectivity index (χ0v) is 17.8. The van der Waals surface area contributed by atoms with E-state index in [4.69, 9.17) is 16.3 Å². The minimum Gasteiger partial charge on any atom is -0.497 e. The summed E-state index contributed by atoms with van der Waals surface area (Å²) in [4.78, 5) is 27.3. The molecule has 2 aliphatic rings. The van der Waals surface area contributed by atoms with Gasteiger partial charge in [0.25, 0.3) is 0 Å². The van der Waals surface area contributed by atoms with Crippen LogP contribution >= 0.6 is 11.6 Å². The van der Waals surface area contributed by atoms with Crippen LogP contribution in [0, 0.1) is 0 Å². The number of nitrogens with zero attached hydrogens (tertiary/aromatic N) is 2. The van der Waals surface area contributed by atoms with Crippen LogP contribution in [0.25, 0.3) is 0 Å². The van der Waals surface area contributed by atoms with E-state index in [1.165, 1.54) is 30.2 Å². The molecule has 168 valence electrons. The van der Waals surface area contributed by atoms with Gasteiger partial charge in [-0.1, -0.05) is 23.7 Å². The van der Waals surface area contributed by atoms with Crippen molar-refractivity contribution < 1.29 is 32.2 Å². The fourth-order valence-corrected chi connectivity index (χ4v) is 4.31. The smallest absolute Gasteiger partial charge is 0.416 e. The number of anilines is 1. The van der Waals surface area contributed by atoms with Crippen molar-refractivity contribution in [2.45, 2.75) is 24.7 Å². The number of amides is 2. The molecule has 0 saturated heterocycles. The average molecular weight is 467 g/mol. The maximum atomic E-state index is 14.6. The quantitative estimate of drug-likeness (QED) is 0.594. The highest BCUT2D eigenvalue weighted by atomic mass is 35.5. The van der Waals surface area contributed by atoms with Crippen molar-refractivity contribution in [1.29, 1.82) is 0 Å². The van der Waals surface area contributed by atoms with E-state index in [1.54, 1.807) is 24.3 Å². The van der Waals surface area contributed by atoms with E-state index in [9.17, 15) is 22.8 Å². The molecular weight excluding hydrogens is 449 g/mol. The molecule has 0 aliphatic carbocycles. The molecule has 6 nitrogen and oxygen atoms in total. The van der Waals surface area contributed by atoms with Crippen molar-refractivity contribution in [1.82, 2.24) is 4.90 Å². The summed E-state index contributed by atoms with van der Waals surface area (Å²) in [5.41, 5.74) is -2.47. The maximum absolute atomic E-state index is 14.6. The van der Waals surface area contributed by atoms with Gasteiger partial charge in [-0.3, -0.25) is 9.80 Å². The summed E-state index contributed by atoms with van der Waals surface area (Å²) in [6.07, 6.45) is -4.73. The van der Waals surface area contributed by atoms with Gasteiger partial charge in [0.05, 0.1) is 32.0 Å². The first kappa shape index (κ1) is 22.0. The Balaban J connectivity index is 1.88. The van der Waals surface area contributed by atoms with Gasteiger partial charge in [0.1, 0.15) is 5.75 Å². The highest BCUT2D eigenvalue weighted by Crippen LogP contribution is 2.57. The number of carbonyl (C=O) groups is 2. The van der Waals surface area contributed by atoms with Gasteiger partial charge in [-0.05, 0) is 35.9 Å². The van der Waals surface area contributed by atoms with E-state index < -0.39 is 30.1 Å². The van der Waals surface area contributed by atoms with Crippen molar-refractivity contribution in [3.63, 3.8) is 0 Å². The molecule has 32 heavy (non-hydrogen) atoms. The van der Waals surface area contributed by atoms with E-state index >= 15 is 0 Å². The van der Waals surface area contributed by atoms with Crippen LogP contribution in [0.2, 0.25) is 5.02 Å². The number of benzene rings is 2. The van der Waals surface area contributed by atoms with Crippen LogP contribution in [-0.2, 0) is 21.6 Å². The summed E-state index contributed by atoms with van der Waals surface area (Å²) in [5, 5.41) is 0.0811. The molecule has 2 amide bonds. The molecule has 0 N–H and O–H groups in total. The van der Waals surface area contributed by atoms with E-state index in [-0.39, 0.29) is 28.4 Å². The van der Waals surface area contributed by atoms with Crippen molar-refractivity contribution >= 4 is 29.3 Å². The average Bonchev–Trinajstić information content (AvgIpc) is 3.19. The summed E-state index contributed by atoms with van der Waals surface area (Å²) in [6.45, 7) is 0.00327. The van der Waals surface area contributed by atoms with Crippen LogP contribution < -0.4 is 9.64 Å². The Morgan fingerprint density at radius 2 is 1.84 bits per heavy atom. The largest absolute Gasteiger partial charge is 0.497 e. The van der Waals surface area contributed by atoms with Crippen LogP contribution in [0.5, 0.6) is 5.75 Å². The fraction of sp³-hybridized carbons (Fsp3) is 0.273. The number of rotatable bonds is 4. The summed E-state index contributed by atoms with van der Waals surface area (Å²) in [6, 6.07) is 9.92. The highest BCUT2D eigenvalue weighted by molar-refractivity contribution is 6.30. The van der Waals surface area contributed by atoms with Gasteiger partial charge in [0.15, 0.2) is 5.54 Å². The molecule has 10 heteroatoms. The molecule has 0 radical (unpaired) electrons. The van der Waals surface area contributed by atoms with E-state index in [0.717, 1.165) is 13.3 Å². The molecule has 0 fully saturated rings. The van der Waals surface area contributed by atoms with Crippen LogP contribution in [-0.4, -0.2) is 37.3 Å². The third-order valence-corrected chi connectivity index (χ3v) is 5.93. The lowest BCUT2D eigenvalue weighted by Gasteiger charge is -2.47. The number of halogens is 4. The Bertz CT molecular complexity index is 1120. The Hall–Kier alpha value is -3.20. The first-order valence-electron chi connectivity index (χ1n) is 9.52. The first-order chi connectivity index (χ1) is 15.1. The second-order valence-electron chi connectivity index (χ2n) is 7.43. The van der Waals surface area contributed by atoms with Crippen molar-refractivity contribution in [2.24, 2.45) is 0 Å². The Labute approximate surface area is 186 Å². The summed E-state index contributed by atoms with van der Waals surface area (Å²) in [7, 11) is 2.59. The van der Waals surface area contributed by atoms with Crippen molar-refractivity contribution in [2.75, 3.05) is 19.1 Å².